The zero-order valence-corrected chi connectivity index (χ0v) is 15.1. The van der Waals surface area contributed by atoms with Crippen LogP contribution in [0.15, 0.2) is 0 Å². The summed E-state index contributed by atoms with van der Waals surface area (Å²) in [5.74, 6) is -0.720. The molecule has 1 aliphatic carbocycles. The van der Waals surface area contributed by atoms with Crippen molar-refractivity contribution < 1.29 is 19.1 Å². The smallest absolute Gasteiger partial charge is 0.410 e. The second kappa shape index (κ2) is 6.99. The summed E-state index contributed by atoms with van der Waals surface area (Å²) in [6.07, 6.45) is 3.79. The Hall–Kier alpha value is -1.79. The number of hydrazine groups is 1. The van der Waals surface area contributed by atoms with Crippen molar-refractivity contribution in [1.29, 1.82) is 0 Å². The van der Waals surface area contributed by atoms with E-state index in [2.05, 4.69) is 10.9 Å². The van der Waals surface area contributed by atoms with E-state index in [0.29, 0.717) is 19.5 Å². The zero-order chi connectivity index (χ0) is 18.0. The molecular formula is C17H29N3O4. The van der Waals surface area contributed by atoms with Crippen molar-refractivity contribution in [1.82, 2.24) is 15.8 Å². The van der Waals surface area contributed by atoms with Crippen LogP contribution in [0.2, 0.25) is 0 Å². The van der Waals surface area contributed by atoms with E-state index >= 15 is 0 Å². The van der Waals surface area contributed by atoms with Gasteiger partial charge in [0.15, 0.2) is 0 Å². The molecule has 0 radical (unpaired) electrons. The highest BCUT2D eigenvalue weighted by Gasteiger charge is 2.39. The standard InChI is InChI=1S/C17H29N3O4/c1-16(2,3)24-15(23)20-10-5-7-12(11-20)13(21)18-19-14(22)17(4)8-6-9-17/h12H,5-11H2,1-4H3,(H,18,21)(H,19,22). The first kappa shape index (κ1) is 18.5. The Morgan fingerprint density at radius 1 is 1.12 bits per heavy atom. The van der Waals surface area contributed by atoms with Gasteiger partial charge in [-0.2, -0.15) is 0 Å². The summed E-state index contributed by atoms with van der Waals surface area (Å²) in [4.78, 5) is 38.0. The minimum Gasteiger partial charge on any atom is -0.444 e. The molecule has 1 atom stereocenters. The summed E-state index contributed by atoms with van der Waals surface area (Å²) >= 11 is 0. The number of carbonyl (C=O) groups excluding carboxylic acids is 3. The molecule has 3 amide bonds. The largest absolute Gasteiger partial charge is 0.444 e. The second-order valence-corrected chi connectivity index (χ2v) is 8.12. The van der Waals surface area contributed by atoms with Gasteiger partial charge in [0.1, 0.15) is 5.60 Å². The molecule has 24 heavy (non-hydrogen) atoms. The first-order chi connectivity index (χ1) is 11.1. The summed E-state index contributed by atoms with van der Waals surface area (Å²) in [6.45, 7) is 8.25. The molecule has 0 aromatic carbocycles. The Kier molecular flexibility index (Phi) is 5.40. The highest BCUT2D eigenvalue weighted by Crippen LogP contribution is 2.40. The van der Waals surface area contributed by atoms with Crippen LogP contribution in [0.4, 0.5) is 4.79 Å². The third kappa shape index (κ3) is 4.61. The van der Waals surface area contributed by atoms with Crippen LogP contribution in [0.3, 0.4) is 0 Å². The number of rotatable bonds is 2. The Morgan fingerprint density at radius 2 is 1.79 bits per heavy atom. The maximum atomic E-state index is 12.3. The monoisotopic (exact) mass is 339 g/mol. The molecule has 2 aliphatic rings. The minimum atomic E-state index is -0.557. The van der Waals surface area contributed by atoms with Gasteiger partial charge >= 0.3 is 6.09 Å². The minimum absolute atomic E-state index is 0.137. The molecule has 136 valence electrons. The van der Waals surface area contributed by atoms with Crippen molar-refractivity contribution in [2.75, 3.05) is 13.1 Å². The number of nitrogens with one attached hydrogen (secondary N) is 2. The van der Waals surface area contributed by atoms with Crippen molar-refractivity contribution in [3.63, 3.8) is 0 Å². The summed E-state index contributed by atoms with van der Waals surface area (Å²) in [5, 5.41) is 0. The molecule has 2 N–H and O–H groups in total. The van der Waals surface area contributed by atoms with Crippen LogP contribution in [0.1, 0.15) is 59.8 Å². The average molecular weight is 339 g/mol. The van der Waals surface area contributed by atoms with Crippen molar-refractivity contribution in [2.45, 2.75) is 65.4 Å². The third-order valence-corrected chi connectivity index (χ3v) is 4.75. The maximum absolute atomic E-state index is 12.3. The first-order valence-electron chi connectivity index (χ1n) is 8.69. The topological polar surface area (TPSA) is 87.7 Å². The van der Waals surface area contributed by atoms with Gasteiger partial charge in [0.2, 0.25) is 11.8 Å². The van der Waals surface area contributed by atoms with Crippen molar-refractivity contribution in [3.8, 4) is 0 Å². The summed E-state index contributed by atoms with van der Waals surface area (Å²) in [5.41, 5.74) is 4.13. The van der Waals surface area contributed by atoms with Crippen molar-refractivity contribution in [2.24, 2.45) is 11.3 Å². The van der Waals surface area contributed by atoms with Crippen LogP contribution >= 0.6 is 0 Å². The Bertz CT molecular complexity index is 508. The van der Waals surface area contributed by atoms with Crippen LogP contribution in [0.5, 0.6) is 0 Å². The predicted molar refractivity (Wildman–Crippen MR) is 88.8 cm³/mol. The number of hydrogen-bond acceptors (Lipinski definition) is 4. The Balaban J connectivity index is 1.81. The van der Waals surface area contributed by atoms with Crippen LogP contribution in [0, 0.1) is 11.3 Å². The lowest BCUT2D eigenvalue weighted by atomic mass is 9.70. The molecule has 7 heteroatoms. The number of carbonyl (C=O) groups is 3. The summed E-state index contributed by atoms with van der Waals surface area (Å²) < 4.78 is 5.36. The van der Waals surface area contributed by atoms with E-state index in [4.69, 9.17) is 4.74 Å². The van der Waals surface area contributed by atoms with E-state index < -0.39 is 11.7 Å². The number of likely N-dealkylation sites (tertiary alicyclic amines) is 1. The van der Waals surface area contributed by atoms with E-state index in [1.165, 1.54) is 0 Å². The van der Waals surface area contributed by atoms with E-state index in [9.17, 15) is 14.4 Å². The fraction of sp³-hybridized carbons (Fsp3) is 0.824. The lowest BCUT2D eigenvalue weighted by Crippen LogP contribution is -2.54. The molecule has 1 unspecified atom stereocenters. The maximum Gasteiger partial charge on any atom is 0.410 e. The molecule has 2 fully saturated rings. The van der Waals surface area contributed by atoms with Gasteiger partial charge in [0.05, 0.1) is 5.92 Å². The van der Waals surface area contributed by atoms with Gasteiger partial charge in [-0.3, -0.25) is 20.4 Å². The predicted octanol–water partition coefficient (Wildman–Crippen LogP) is 1.97. The molecule has 0 bridgehead atoms. The molecule has 0 aromatic heterocycles. The van der Waals surface area contributed by atoms with E-state index in [-0.39, 0.29) is 23.1 Å². The molecular weight excluding hydrogens is 310 g/mol. The van der Waals surface area contributed by atoms with Crippen LogP contribution in [-0.2, 0) is 14.3 Å². The zero-order valence-electron chi connectivity index (χ0n) is 15.1. The lowest BCUT2D eigenvalue weighted by Gasteiger charge is -2.37. The normalized spacial score (nSPS) is 23.0. The lowest BCUT2D eigenvalue weighted by molar-refractivity contribution is -0.140. The molecule has 1 saturated carbocycles. The van der Waals surface area contributed by atoms with Gasteiger partial charge in [-0.15, -0.1) is 0 Å². The number of hydrogen-bond donors (Lipinski definition) is 2. The average Bonchev–Trinajstić information content (AvgIpc) is 2.48. The molecule has 1 saturated heterocycles. The number of piperidine rings is 1. The highest BCUT2D eigenvalue weighted by atomic mass is 16.6. The molecule has 1 aliphatic heterocycles. The van der Waals surface area contributed by atoms with Gasteiger partial charge in [0, 0.05) is 18.5 Å². The Morgan fingerprint density at radius 3 is 2.33 bits per heavy atom. The number of nitrogens with zero attached hydrogens (tertiary/aromatic N) is 1. The fourth-order valence-electron chi connectivity index (χ4n) is 2.99. The quantitative estimate of drug-likeness (QED) is 0.753. The fourth-order valence-corrected chi connectivity index (χ4v) is 2.99. The Labute approximate surface area is 143 Å². The molecule has 7 nitrogen and oxygen atoms in total. The van der Waals surface area contributed by atoms with E-state index in [1.807, 2.05) is 27.7 Å². The van der Waals surface area contributed by atoms with Gasteiger partial charge < -0.3 is 9.64 Å². The van der Waals surface area contributed by atoms with E-state index in [1.54, 1.807) is 4.90 Å². The van der Waals surface area contributed by atoms with Gasteiger partial charge in [-0.1, -0.05) is 13.3 Å². The van der Waals surface area contributed by atoms with Gasteiger partial charge in [-0.05, 0) is 46.5 Å². The molecule has 0 spiro atoms. The molecule has 1 heterocycles. The van der Waals surface area contributed by atoms with Crippen molar-refractivity contribution >= 4 is 17.9 Å². The summed E-state index contributed by atoms with van der Waals surface area (Å²) in [7, 11) is 0. The van der Waals surface area contributed by atoms with Gasteiger partial charge in [-0.25, -0.2) is 4.79 Å². The van der Waals surface area contributed by atoms with Crippen LogP contribution in [-0.4, -0.2) is 41.5 Å². The highest BCUT2D eigenvalue weighted by molar-refractivity contribution is 5.87. The SMILES string of the molecule is CC(C)(C)OC(=O)N1CCCC(C(=O)NNC(=O)C2(C)CCC2)C1. The number of amides is 3. The molecule has 0 aromatic rings. The number of ether oxygens (including phenoxy) is 1. The molecule has 2 rings (SSSR count). The van der Waals surface area contributed by atoms with E-state index in [0.717, 1.165) is 25.7 Å². The first-order valence-corrected chi connectivity index (χ1v) is 8.69. The summed E-state index contributed by atoms with van der Waals surface area (Å²) in [6, 6.07) is 0. The van der Waals surface area contributed by atoms with Crippen LogP contribution < -0.4 is 10.9 Å². The second-order valence-electron chi connectivity index (χ2n) is 8.12. The third-order valence-electron chi connectivity index (χ3n) is 4.75. The van der Waals surface area contributed by atoms with Gasteiger partial charge in [0.25, 0.3) is 0 Å². The van der Waals surface area contributed by atoms with Crippen molar-refractivity contribution in [3.05, 3.63) is 0 Å². The van der Waals surface area contributed by atoms with Crippen LogP contribution in [0.25, 0.3) is 0 Å².